The van der Waals surface area contributed by atoms with Gasteiger partial charge in [0, 0.05) is 24.2 Å². The average Bonchev–Trinajstić information content (AvgIpc) is 3.39. The van der Waals surface area contributed by atoms with Crippen LogP contribution in [0.25, 0.3) is 0 Å². The third-order valence-electron chi connectivity index (χ3n) is 8.36. The summed E-state index contributed by atoms with van der Waals surface area (Å²) < 4.78 is 26.8. The summed E-state index contributed by atoms with van der Waals surface area (Å²) in [5, 5.41) is -3.15. The Hall–Kier alpha value is -2.44. The predicted molar refractivity (Wildman–Crippen MR) is 150 cm³/mol. The monoisotopic (exact) mass is 556 g/mol. The molecule has 0 fully saturated rings. The van der Waals surface area contributed by atoms with E-state index in [1.54, 1.807) is 61.8 Å². The van der Waals surface area contributed by atoms with E-state index in [0.29, 0.717) is 22.7 Å². The Kier molecular flexibility index (Phi) is 6.47. The summed E-state index contributed by atoms with van der Waals surface area (Å²) in [6.07, 6.45) is 0.285. The van der Waals surface area contributed by atoms with Gasteiger partial charge in [-0.1, -0.05) is 76.2 Å². The summed E-state index contributed by atoms with van der Waals surface area (Å²) in [5.74, 6) is -0.905. The highest BCUT2D eigenvalue weighted by Gasteiger charge is 2.62. The molecule has 38 heavy (non-hydrogen) atoms. The highest BCUT2D eigenvalue weighted by atomic mass is 31.2. The third-order valence-corrected chi connectivity index (χ3v) is 12.1. The van der Waals surface area contributed by atoms with Crippen LogP contribution in [-0.4, -0.2) is 30.1 Å². The second kappa shape index (κ2) is 9.06. The molecule has 0 saturated carbocycles. The Morgan fingerprint density at radius 2 is 0.868 bits per heavy atom. The fourth-order valence-electron chi connectivity index (χ4n) is 6.48. The lowest BCUT2D eigenvalue weighted by molar-refractivity contribution is 0.288. The molecule has 2 aliphatic heterocycles. The zero-order valence-corrected chi connectivity index (χ0v) is 23.7. The van der Waals surface area contributed by atoms with Crippen LogP contribution in [0.4, 0.5) is 22.7 Å². The Balaban J connectivity index is 1.86. The van der Waals surface area contributed by atoms with Crippen LogP contribution in [0.15, 0.2) is 72.8 Å². The van der Waals surface area contributed by atoms with Crippen LogP contribution < -0.4 is 9.80 Å². The Morgan fingerprint density at radius 1 is 0.579 bits per heavy atom. The van der Waals surface area contributed by atoms with E-state index in [0.717, 1.165) is 11.1 Å². The number of benzene rings is 3. The van der Waals surface area contributed by atoms with E-state index in [4.69, 9.17) is 0 Å². The van der Waals surface area contributed by atoms with Crippen LogP contribution in [0, 0.1) is 11.8 Å². The molecule has 0 saturated heterocycles. The van der Waals surface area contributed by atoms with E-state index < -0.39 is 37.6 Å². The molecule has 2 aliphatic rings. The summed E-state index contributed by atoms with van der Waals surface area (Å²) in [5.41, 5.74) is 3.96. The van der Waals surface area contributed by atoms with Gasteiger partial charge in [0.2, 0.25) is 0 Å². The molecule has 202 valence electrons. The SMILES string of the molecule is CC(C)C1(P(=O)(O)O)Cc2ccccc2N1c1ccccc1N1c2ccccc2CC1(C(C)C)P(=O)(O)O. The number of hydrogen-bond acceptors (Lipinski definition) is 4. The summed E-state index contributed by atoms with van der Waals surface area (Å²) in [6, 6.07) is 22.0. The molecule has 5 rings (SSSR count). The number of rotatable bonds is 6. The molecule has 2 heterocycles. The molecule has 3 aromatic carbocycles. The molecule has 2 atom stereocenters. The summed E-state index contributed by atoms with van der Waals surface area (Å²) >= 11 is 0. The highest BCUT2D eigenvalue weighted by molar-refractivity contribution is 7.54. The van der Waals surface area contributed by atoms with E-state index >= 15 is 0 Å². The first-order valence-corrected chi connectivity index (χ1v) is 16.0. The smallest absolute Gasteiger partial charge is 0.323 e. The molecule has 0 spiro atoms. The molecule has 8 nitrogen and oxygen atoms in total. The molecule has 3 aromatic rings. The molecule has 0 aromatic heterocycles. The van der Waals surface area contributed by atoms with E-state index in [1.165, 1.54) is 0 Å². The van der Waals surface area contributed by atoms with Gasteiger partial charge in [0.1, 0.15) is 0 Å². The van der Waals surface area contributed by atoms with Crippen molar-refractivity contribution in [3.05, 3.63) is 83.9 Å². The van der Waals surface area contributed by atoms with Gasteiger partial charge in [0.15, 0.2) is 10.6 Å². The van der Waals surface area contributed by atoms with E-state index in [2.05, 4.69) is 0 Å². The van der Waals surface area contributed by atoms with Crippen LogP contribution in [0.3, 0.4) is 0 Å². The Labute approximate surface area is 223 Å². The predicted octanol–water partition coefficient (Wildman–Crippen LogP) is 6.14. The number of para-hydroxylation sites is 4. The molecule has 4 N–H and O–H groups in total. The number of fused-ring (bicyclic) bond motifs is 2. The first-order valence-electron chi connectivity index (χ1n) is 12.7. The van der Waals surface area contributed by atoms with Crippen LogP contribution in [0.1, 0.15) is 38.8 Å². The van der Waals surface area contributed by atoms with Crippen molar-refractivity contribution in [2.24, 2.45) is 11.8 Å². The first kappa shape index (κ1) is 27.1. The third kappa shape index (κ3) is 3.66. The van der Waals surface area contributed by atoms with Gasteiger partial charge < -0.3 is 29.4 Å². The average molecular weight is 557 g/mol. The van der Waals surface area contributed by atoms with Crippen molar-refractivity contribution >= 4 is 37.9 Å². The number of hydrogen-bond donors (Lipinski definition) is 4. The van der Waals surface area contributed by atoms with Crippen molar-refractivity contribution in [2.45, 2.75) is 51.1 Å². The minimum absolute atomic E-state index is 0.143. The first-order chi connectivity index (χ1) is 17.8. The summed E-state index contributed by atoms with van der Waals surface area (Å²) in [7, 11) is -9.50. The van der Waals surface area contributed by atoms with Gasteiger partial charge in [-0.15, -0.1) is 0 Å². The second-order valence-corrected chi connectivity index (χ2v) is 14.7. The quantitative estimate of drug-likeness (QED) is 0.268. The van der Waals surface area contributed by atoms with Gasteiger partial charge >= 0.3 is 15.2 Å². The Morgan fingerprint density at radius 3 is 1.16 bits per heavy atom. The lowest BCUT2D eigenvalue weighted by Crippen LogP contribution is -2.51. The van der Waals surface area contributed by atoms with Crippen molar-refractivity contribution in [3.63, 3.8) is 0 Å². The van der Waals surface area contributed by atoms with Crippen LogP contribution in [0.2, 0.25) is 0 Å². The number of nitrogens with zero attached hydrogens (tertiary/aromatic N) is 2. The topological polar surface area (TPSA) is 122 Å². The van der Waals surface area contributed by atoms with Gasteiger partial charge in [0.25, 0.3) is 0 Å². The van der Waals surface area contributed by atoms with Crippen molar-refractivity contribution in [2.75, 3.05) is 9.80 Å². The summed E-state index contributed by atoms with van der Waals surface area (Å²) in [4.78, 5) is 47.1. The van der Waals surface area contributed by atoms with Crippen molar-refractivity contribution in [3.8, 4) is 0 Å². The lowest BCUT2D eigenvalue weighted by atomic mass is 9.97. The largest absolute Gasteiger partial charge is 0.351 e. The Bertz CT molecular complexity index is 1370. The van der Waals surface area contributed by atoms with Crippen molar-refractivity contribution < 1.29 is 28.7 Å². The molecule has 0 amide bonds. The highest BCUT2D eigenvalue weighted by Crippen LogP contribution is 2.68. The molecule has 10 heteroatoms. The number of anilines is 4. The van der Waals surface area contributed by atoms with Crippen molar-refractivity contribution in [1.82, 2.24) is 0 Å². The van der Waals surface area contributed by atoms with Crippen LogP contribution in [0.5, 0.6) is 0 Å². The molecule has 0 radical (unpaired) electrons. The molecular formula is C28H34N2O6P2. The minimum Gasteiger partial charge on any atom is -0.323 e. The maximum Gasteiger partial charge on any atom is 0.351 e. The van der Waals surface area contributed by atoms with Crippen LogP contribution >= 0.6 is 15.2 Å². The maximum atomic E-state index is 13.4. The van der Waals surface area contributed by atoms with Gasteiger partial charge in [-0.05, 0) is 47.2 Å². The molecule has 2 unspecified atom stereocenters. The van der Waals surface area contributed by atoms with Gasteiger partial charge in [-0.25, -0.2) is 0 Å². The zero-order valence-electron chi connectivity index (χ0n) is 21.9. The van der Waals surface area contributed by atoms with E-state index in [9.17, 15) is 28.7 Å². The minimum atomic E-state index is -4.75. The molecule has 0 bridgehead atoms. The fraction of sp³-hybridized carbons (Fsp3) is 0.357. The lowest BCUT2D eigenvalue weighted by Gasteiger charge is -2.47. The van der Waals surface area contributed by atoms with Gasteiger partial charge in [-0.2, -0.15) is 0 Å². The normalized spacial score (nSPS) is 23.3. The molecule has 0 aliphatic carbocycles. The van der Waals surface area contributed by atoms with E-state index in [-0.39, 0.29) is 12.8 Å². The summed E-state index contributed by atoms with van der Waals surface area (Å²) in [6.45, 7) is 7.22. The zero-order chi connectivity index (χ0) is 27.7. The maximum absolute atomic E-state index is 13.4. The standard InChI is InChI=1S/C28H34N2O6P2/c1-19(2)27(37(31,32)33)17-21-11-5-7-13-23(21)29(27)25-15-9-10-16-26(25)30-24-14-8-6-12-22(24)18-28(30,20(3)4)38(34,35)36/h5-16,19-20H,17-18H2,1-4H3,(H2,31,32,33)(H2,34,35,36). The van der Waals surface area contributed by atoms with Gasteiger partial charge in [0.05, 0.1) is 11.4 Å². The fourth-order valence-corrected chi connectivity index (χ4v) is 9.53. The second-order valence-electron chi connectivity index (χ2n) is 10.9. The van der Waals surface area contributed by atoms with Gasteiger partial charge in [-0.3, -0.25) is 9.13 Å². The van der Waals surface area contributed by atoms with E-state index in [1.807, 2.05) is 48.5 Å². The molecular weight excluding hydrogens is 522 g/mol. The van der Waals surface area contributed by atoms with Crippen molar-refractivity contribution in [1.29, 1.82) is 0 Å². The van der Waals surface area contributed by atoms with Crippen LogP contribution in [-0.2, 0) is 22.0 Å².